The van der Waals surface area contributed by atoms with E-state index in [4.69, 9.17) is 9.15 Å². The number of rotatable bonds is 5. The Balaban J connectivity index is 1.62. The molecule has 1 atom stereocenters. The molecule has 31 heavy (non-hydrogen) atoms. The van der Waals surface area contributed by atoms with Crippen LogP contribution in [0.1, 0.15) is 31.6 Å². The van der Waals surface area contributed by atoms with Crippen molar-refractivity contribution in [1.82, 2.24) is 0 Å². The average molecular weight is 436 g/mol. The van der Waals surface area contributed by atoms with E-state index in [9.17, 15) is 8.42 Å². The Morgan fingerprint density at radius 1 is 1.06 bits per heavy atom. The van der Waals surface area contributed by atoms with Gasteiger partial charge < -0.3 is 9.15 Å². The normalized spacial score (nSPS) is 16.4. The monoisotopic (exact) mass is 435 g/mol. The number of nitrogens with one attached hydrogen (secondary N) is 1. The summed E-state index contributed by atoms with van der Waals surface area (Å²) >= 11 is 0. The first kappa shape index (κ1) is 19.9. The summed E-state index contributed by atoms with van der Waals surface area (Å²) in [7, 11) is -3.75. The molecule has 3 aromatic carbocycles. The lowest BCUT2D eigenvalue weighted by Gasteiger charge is -2.16. The Labute approximate surface area is 182 Å². The van der Waals surface area contributed by atoms with Crippen LogP contribution in [0.3, 0.4) is 0 Å². The number of hydrogen-bond acceptors (Lipinski definition) is 4. The molecule has 160 valence electrons. The third-order valence-electron chi connectivity index (χ3n) is 5.99. The Hall–Kier alpha value is -2.99. The summed E-state index contributed by atoms with van der Waals surface area (Å²) in [6, 6.07) is 16.2. The molecule has 1 aliphatic rings. The van der Waals surface area contributed by atoms with Crippen LogP contribution in [-0.2, 0) is 22.9 Å². The van der Waals surface area contributed by atoms with Crippen molar-refractivity contribution in [2.24, 2.45) is 5.92 Å². The minimum Gasteiger partial charge on any atom is -0.494 e. The fourth-order valence-corrected chi connectivity index (χ4v) is 5.51. The molecule has 5 nitrogen and oxygen atoms in total. The van der Waals surface area contributed by atoms with Crippen LogP contribution in [0.15, 0.2) is 63.9 Å². The maximum Gasteiger partial charge on any atom is 0.261 e. The molecule has 6 heteroatoms. The smallest absolute Gasteiger partial charge is 0.261 e. The number of ether oxygens (including phenoxy) is 1. The molecule has 4 aromatic rings. The van der Waals surface area contributed by atoms with Crippen LogP contribution in [0.5, 0.6) is 5.75 Å². The van der Waals surface area contributed by atoms with Gasteiger partial charge in [0, 0.05) is 28.1 Å². The molecule has 1 aromatic heterocycles. The highest BCUT2D eigenvalue weighted by atomic mass is 32.2. The lowest BCUT2D eigenvalue weighted by atomic mass is 9.88. The molecule has 0 spiro atoms. The highest BCUT2D eigenvalue weighted by Gasteiger charge is 2.25. The van der Waals surface area contributed by atoms with Gasteiger partial charge in [0.25, 0.3) is 10.0 Å². The van der Waals surface area contributed by atoms with Crippen LogP contribution in [-0.4, -0.2) is 15.0 Å². The topological polar surface area (TPSA) is 68.5 Å². The zero-order chi connectivity index (χ0) is 21.6. The fraction of sp³-hybridized carbons (Fsp3) is 0.280. The second-order valence-corrected chi connectivity index (χ2v) is 9.89. The molecule has 1 N–H and O–H groups in total. The molecule has 1 aliphatic carbocycles. The van der Waals surface area contributed by atoms with Gasteiger partial charge in [-0.3, -0.25) is 4.72 Å². The minimum atomic E-state index is -3.75. The van der Waals surface area contributed by atoms with Crippen molar-refractivity contribution in [2.45, 2.75) is 38.0 Å². The molecule has 0 radical (unpaired) electrons. The van der Waals surface area contributed by atoms with Gasteiger partial charge in [0.05, 0.1) is 17.2 Å². The maximum absolute atomic E-state index is 13.1. The third kappa shape index (κ3) is 3.55. The number of hydrogen-bond donors (Lipinski definition) is 1. The van der Waals surface area contributed by atoms with Gasteiger partial charge in [0.15, 0.2) is 0 Å². The summed E-state index contributed by atoms with van der Waals surface area (Å²) in [5, 5.41) is 2.75. The largest absolute Gasteiger partial charge is 0.494 e. The van der Waals surface area contributed by atoms with E-state index in [1.165, 1.54) is 5.56 Å². The first-order valence-corrected chi connectivity index (χ1v) is 12.2. The standard InChI is InChI=1S/C25H25NO4S/c1-3-29-17-9-11-18(12-10-17)31(27,28)26-23-15-22-20-13-8-16(2)14-24(20)30-25(22)21-7-5-4-6-19(21)23/h4-7,9-12,15-16,26H,3,8,13-14H2,1-2H3/t16-/m0/s1. The van der Waals surface area contributed by atoms with Crippen LogP contribution in [0, 0.1) is 5.92 Å². The van der Waals surface area contributed by atoms with Crippen molar-refractivity contribution in [3.63, 3.8) is 0 Å². The van der Waals surface area contributed by atoms with E-state index in [0.29, 0.717) is 24.0 Å². The van der Waals surface area contributed by atoms with Gasteiger partial charge in [-0.25, -0.2) is 8.42 Å². The Morgan fingerprint density at radius 3 is 2.55 bits per heavy atom. The lowest BCUT2D eigenvalue weighted by molar-refractivity contribution is 0.340. The third-order valence-corrected chi connectivity index (χ3v) is 7.37. The van der Waals surface area contributed by atoms with E-state index >= 15 is 0 Å². The van der Waals surface area contributed by atoms with Crippen molar-refractivity contribution >= 4 is 37.5 Å². The molecular weight excluding hydrogens is 410 g/mol. The van der Waals surface area contributed by atoms with Gasteiger partial charge in [0.1, 0.15) is 17.1 Å². The van der Waals surface area contributed by atoms with Crippen molar-refractivity contribution < 1.29 is 17.6 Å². The lowest BCUT2D eigenvalue weighted by Crippen LogP contribution is -2.13. The molecular formula is C25H25NO4S. The second kappa shape index (κ2) is 7.61. The summed E-state index contributed by atoms with van der Waals surface area (Å²) in [5.74, 6) is 2.27. The summed E-state index contributed by atoms with van der Waals surface area (Å²) in [6.07, 6.45) is 2.99. The zero-order valence-electron chi connectivity index (χ0n) is 17.6. The number of sulfonamides is 1. The van der Waals surface area contributed by atoms with E-state index in [0.717, 1.165) is 46.8 Å². The fourth-order valence-electron chi connectivity index (χ4n) is 4.44. The van der Waals surface area contributed by atoms with Crippen molar-refractivity contribution in [3.05, 3.63) is 65.9 Å². The molecule has 0 saturated carbocycles. The molecule has 0 unspecified atom stereocenters. The summed E-state index contributed by atoms with van der Waals surface area (Å²) in [4.78, 5) is 0.197. The predicted octanol–water partition coefficient (Wildman–Crippen LogP) is 5.91. The molecule has 5 rings (SSSR count). The van der Waals surface area contributed by atoms with Gasteiger partial charge >= 0.3 is 0 Å². The molecule has 0 fully saturated rings. The van der Waals surface area contributed by atoms with Gasteiger partial charge in [-0.15, -0.1) is 0 Å². The Bertz CT molecular complexity index is 1370. The van der Waals surface area contributed by atoms with Gasteiger partial charge in [-0.1, -0.05) is 31.2 Å². The van der Waals surface area contributed by atoms with Crippen LogP contribution < -0.4 is 9.46 Å². The molecule has 0 saturated heterocycles. The van der Waals surface area contributed by atoms with Crippen LogP contribution in [0.2, 0.25) is 0 Å². The predicted molar refractivity (Wildman–Crippen MR) is 123 cm³/mol. The van der Waals surface area contributed by atoms with Crippen LogP contribution >= 0.6 is 0 Å². The summed E-state index contributed by atoms with van der Waals surface area (Å²) < 4.78 is 40.8. The van der Waals surface area contributed by atoms with E-state index in [1.807, 2.05) is 37.3 Å². The number of aryl methyl sites for hydroxylation is 1. The average Bonchev–Trinajstić information content (AvgIpc) is 3.12. The molecule has 0 aliphatic heterocycles. The molecule has 0 amide bonds. The van der Waals surface area contributed by atoms with Crippen molar-refractivity contribution in [3.8, 4) is 5.75 Å². The van der Waals surface area contributed by atoms with E-state index in [-0.39, 0.29) is 4.90 Å². The number of anilines is 1. The molecule has 1 heterocycles. The summed E-state index contributed by atoms with van der Waals surface area (Å²) in [6.45, 7) is 4.66. The van der Waals surface area contributed by atoms with Gasteiger partial charge in [-0.2, -0.15) is 0 Å². The van der Waals surface area contributed by atoms with Gasteiger partial charge in [-0.05, 0) is 56.0 Å². The minimum absolute atomic E-state index is 0.197. The van der Waals surface area contributed by atoms with Gasteiger partial charge in [0.2, 0.25) is 0 Å². The Kier molecular flexibility index (Phi) is 4.89. The van der Waals surface area contributed by atoms with E-state index in [2.05, 4.69) is 11.6 Å². The Morgan fingerprint density at radius 2 is 1.81 bits per heavy atom. The maximum atomic E-state index is 13.1. The molecule has 0 bridgehead atoms. The number of fused-ring (bicyclic) bond motifs is 5. The van der Waals surface area contributed by atoms with Crippen molar-refractivity contribution in [2.75, 3.05) is 11.3 Å². The highest BCUT2D eigenvalue weighted by molar-refractivity contribution is 7.92. The van der Waals surface area contributed by atoms with Crippen LogP contribution in [0.4, 0.5) is 5.69 Å². The number of benzene rings is 3. The first-order valence-electron chi connectivity index (χ1n) is 10.7. The highest BCUT2D eigenvalue weighted by Crippen LogP contribution is 2.40. The van der Waals surface area contributed by atoms with Crippen LogP contribution in [0.25, 0.3) is 21.7 Å². The quantitative estimate of drug-likeness (QED) is 0.423. The zero-order valence-corrected chi connectivity index (χ0v) is 18.5. The van der Waals surface area contributed by atoms with E-state index < -0.39 is 10.0 Å². The second-order valence-electron chi connectivity index (χ2n) is 8.21. The first-order chi connectivity index (χ1) is 15.0. The number of furan rings is 1. The SMILES string of the molecule is CCOc1ccc(S(=O)(=O)Nc2cc3c4c(oc3c3ccccc23)C[C@@H](C)CC4)cc1. The summed E-state index contributed by atoms with van der Waals surface area (Å²) in [5.41, 5.74) is 2.62. The van der Waals surface area contributed by atoms with Crippen molar-refractivity contribution in [1.29, 1.82) is 0 Å². The van der Waals surface area contributed by atoms with E-state index in [1.54, 1.807) is 24.3 Å².